The van der Waals surface area contributed by atoms with Crippen molar-refractivity contribution in [3.8, 4) is 0 Å². The molecule has 3 aliphatic heterocycles. The Labute approximate surface area is 236 Å². The Bertz CT molecular complexity index is 1100. The molecule has 0 saturated carbocycles. The highest BCUT2D eigenvalue weighted by molar-refractivity contribution is 6.30. The first kappa shape index (κ1) is 28.2. The van der Waals surface area contributed by atoms with Gasteiger partial charge in [-0.25, -0.2) is 9.97 Å². The molecule has 0 radical (unpaired) electrons. The lowest BCUT2D eigenvalue weighted by molar-refractivity contribution is -0.0533. The number of halogens is 1. The van der Waals surface area contributed by atoms with Gasteiger partial charge in [-0.3, -0.25) is 4.79 Å². The third-order valence-electron chi connectivity index (χ3n) is 8.21. The molecule has 3 fully saturated rings. The number of methoxy groups -OCH3 is 1. The van der Waals surface area contributed by atoms with Crippen LogP contribution < -0.4 is 10.6 Å². The van der Waals surface area contributed by atoms with E-state index >= 15 is 0 Å². The zero-order valence-electron chi connectivity index (χ0n) is 22.9. The van der Waals surface area contributed by atoms with Gasteiger partial charge in [0.1, 0.15) is 17.8 Å². The van der Waals surface area contributed by atoms with Crippen LogP contribution in [0.4, 0.5) is 5.82 Å². The summed E-state index contributed by atoms with van der Waals surface area (Å²) in [5.41, 5.74) is 2.39. The van der Waals surface area contributed by atoms with Gasteiger partial charge in [0.15, 0.2) is 0 Å². The summed E-state index contributed by atoms with van der Waals surface area (Å²) in [4.78, 5) is 24.1. The second-order valence-corrected chi connectivity index (χ2v) is 11.2. The second-order valence-electron chi connectivity index (χ2n) is 10.8. The summed E-state index contributed by atoms with van der Waals surface area (Å²) >= 11 is 6.05. The number of ether oxygens (including phenoxy) is 3. The number of anilines is 1. The maximum absolute atomic E-state index is 13.4. The van der Waals surface area contributed by atoms with E-state index in [2.05, 4.69) is 20.6 Å². The highest BCUT2D eigenvalue weighted by Crippen LogP contribution is 2.32. The number of rotatable bonds is 8. The van der Waals surface area contributed by atoms with E-state index in [-0.39, 0.29) is 24.2 Å². The van der Waals surface area contributed by atoms with Gasteiger partial charge in [-0.05, 0) is 63.1 Å². The molecule has 39 heavy (non-hydrogen) atoms. The largest absolute Gasteiger partial charge is 0.379 e. The van der Waals surface area contributed by atoms with Crippen LogP contribution in [-0.4, -0.2) is 85.0 Å². The molecule has 3 saturated heterocycles. The lowest BCUT2D eigenvalue weighted by Gasteiger charge is -2.38. The van der Waals surface area contributed by atoms with Crippen LogP contribution in [0, 0.1) is 6.92 Å². The molecule has 4 atom stereocenters. The number of carbonyl (C=O) groups is 1. The van der Waals surface area contributed by atoms with Gasteiger partial charge in [-0.2, -0.15) is 0 Å². The fraction of sp³-hybridized carbons (Fsp3) is 0.621. The normalized spacial score (nSPS) is 26.4. The first-order valence-electron chi connectivity index (χ1n) is 14.1. The minimum Gasteiger partial charge on any atom is -0.379 e. The molecule has 9 nitrogen and oxygen atoms in total. The van der Waals surface area contributed by atoms with E-state index < -0.39 is 0 Å². The van der Waals surface area contributed by atoms with E-state index in [0.717, 1.165) is 61.3 Å². The number of nitrogens with zero attached hydrogens (tertiary/aromatic N) is 3. The third-order valence-corrected chi connectivity index (χ3v) is 8.47. The van der Waals surface area contributed by atoms with Crippen molar-refractivity contribution in [1.82, 2.24) is 20.2 Å². The standard InChI is InChI=1S/C29H40ClN5O4/c1-19-27(29(36)35-13-10-22(11-14-35)34-24-12-15-38-17-26(24)37-2)32-18-33-28(19)31-16-23-4-3-5-25(39-23)20-6-8-21(30)9-7-20/h6-9,18,22-26,34H,3-5,10-17H2,1-2H3,(H,31,32,33)/t23-,24+,25+,26-/m1/s1. The minimum atomic E-state index is -0.0334. The summed E-state index contributed by atoms with van der Waals surface area (Å²) in [6.45, 7) is 5.33. The second kappa shape index (κ2) is 13.4. The summed E-state index contributed by atoms with van der Waals surface area (Å²) in [5.74, 6) is 0.654. The van der Waals surface area contributed by atoms with Gasteiger partial charge < -0.3 is 29.7 Å². The van der Waals surface area contributed by atoms with Crippen LogP contribution in [-0.2, 0) is 14.2 Å². The lowest BCUT2D eigenvalue weighted by Crippen LogP contribution is -2.54. The number of nitrogens with one attached hydrogen (secondary N) is 2. The summed E-state index contributed by atoms with van der Waals surface area (Å²) in [5, 5.41) is 7.90. The molecule has 0 aliphatic carbocycles. The maximum atomic E-state index is 13.4. The maximum Gasteiger partial charge on any atom is 0.272 e. The summed E-state index contributed by atoms with van der Waals surface area (Å²) in [7, 11) is 1.74. The number of piperidine rings is 1. The fourth-order valence-corrected chi connectivity index (χ4v) is 5.99. The molecule has 4 heterocycles. The number of carbonyl (C=O) groups excluding carboxylic acids is 1. The summed E-state index contributed by atoms with van der Waals surface area (Å²) in [6, 6.07) is 8.55. The smallest absolute Gasteiger partial charge is 0.272 e. The molecule has 3 aliphatic rings. The molecule has 0 unspecified atom stereocenters. The van der Waals surface area contributed by atoms with Crippen molar-refractivity contribution in [2.75, 3.05) is 45.3 Å². The Morgan fingerprint density at radius 1 is 1.13 bits per heavy atom. The number of hydrogen-bond donors (Lipinski definition) is 2. The zero-order valence-corrected chi connectivity index (χ0v) is 23.7. The van der Waals surface area contributed by atoms with Crippen LogP contribution in [0.15, 0.2) is 30.6 Å². The number of hydrogen-bond acceptors (Lipinski definition) is 8. The van der Waals surface area contributed by atoms with Crippen molar-refractivity contribution in [2.24, 2.45) is 0 Å². The predicted octanol–water partition coefficient (Wildman–Crippen LogP) is 4.16. The zero-order chi connectivity index (χ0) is 27.2. The summed E-state index contributed by atoms with van der Waals surface area (Å²) < 4.78 is 17.5. The highest BCUT2D eigenvalue weighted by atomic mass is 35.5. The van der Waals surface area contributed by atoms with Gasteiger partial charge in [0.2, 0.25) is 0 Å². The lowest BCUT2D eigenvalue weighted by atomic mass is 9.98. The van der Waals surface area contributed by atoms with E-state index in [1.54, 1.807) is 7.11 Å². The third kappa shape index (κ3) is 7.08. The Kier molecular flexibility index (Phi) is 9.68. The first-order chi connectivity index (χ1) is 19.0. The number of amides is 1. The van der Waals surface area contributed by atoms with Crippen molar-refractivity contribution in [2.45, 2.75) is 75.8 Å². The monoisotopic (exact) mass is 557 g/mol. The Balaban J connectivity index is 1.13. The van der Waals surface area contributed by atoms with Crippen LogP contribution in [0.25, 0.3) is 0 Å². The molecule has 2 aromatic rings. The van der Waals surface area contributed by atoms with E-state index in [4.69, 9.17) is 25.8 Å². The van der Waals surface area contributed by atoms with Crippen LogP contribution >= 0.6 is 11.6 Å². The molecule has 212 valence electrons. The average Bonchev–Trinajstić information content (AvgIpc) is 2.97. The van der Waals surface area contributed by atoms with Gasteiger partial charge in [-0.15, -0.1) is 0 Å². The van der Waals surface area contributed by atoms with E-state index in [0.29, 0.717) is 49.8 Å². The average molecular weight is 558 g/mol. The van der Waals surface area contributed by atoms with Crippen LogP contribution in [0.1, 0.15) is 66.2 Å². The first-order valence-corrected chi connectivity index (χ1v) is 14.5. The van der Waals surface area contributed by atoms with Gasteiger partial charge in [0, 0.05) is 56.0 Å². The van der Waals surface area contributed by atoms with Crippen molar-refractivity contribution >= 4 is 23.3 Å². The van der Waals surface area contributed by atoms with Gasteiger partial charge >= 0.3 is 0 Å². The number of aromatic nitrogens is 2. The predicted molar refractivity (Wildman–Crippen MR) is 150 cm³/mol. The van der Waals surface area contributed by atoms with Crippen molar-refractivity contribution in [3.05, 3.63) is 52.4 Å². The van der Waals surface area contributed by atoms with E-state index in [9.17, 15) is 4.79 Å². The van der Waals surface area contributed by atoms with Crippen molar-refractivity contribution in [1.29, 1.82) is 0 Å². The minimum absolute atomic E-state index is 0.0334. The quantitative estimate of drug-likeness (QED) is 0.499. The van der Waals surface area contributed by atoms with E-state index in [1.165, 1.54) is 6.33 Å². The number of likely N-dealkylation sites (tertiary alicyclic amines) is 1. The molecule has 1 aromatic carbocycles. The van der Waals surface area contributed by atoms with E-state index in [1.807, 2.05) is 36.1 Å². The molecule has 0 spiro atoms. The van der Waals surface area contributed by atoms with Crippen molar-refractivity contribution < 1.29 is 19.0 Å². The molecule has 1 amide bonds. The van der Waals surface area contributed by atoms with Crippen LogP contribution in [0.3, 0.4) is 0 Å². The molecule has 5 rings (SSSR count). The Morgan fingerprint density at radius 3 is 2.69 bits per heavy atom. The Hall–Kier alpha value is -2.30. The topological polar surface area (TPSA) is 97.8 Å². The fourth-order valence-electron chi connectivity index (χ4n) is 5.86. The van der Waals surface area contributed by atoms with Gasteiger partial charge in [-0.1, -0.05) is 23.7 Å². The molecule has 0 bridgehead atoms. The molecular weight excluding hydrogens is 518 g/mol. The van der Waals surface area contributed by atoms with Gasteiger partial charge in [0.25, 0.3) is 5.91 Å². The molecule has 10 heteroatoms. The van der Waals surface area contributed by atoms with Crippen molar-refractivity contribution in [3.63, 3.8) is 0 Å². The van der Waals surface area contributed by atoms with Crippen LogP contribution in [0.5, 0.6) is 0 Å². The molecule has 2 N–H and O–H groups in total. The Morgan fingerprint density at radius 2 is 1.92 bits per heavy atom. The van der Waals surface area contributed by atoms with Crippen LogP contribution in [0.2, 0.25) is 5.02 Å². The SMILES string of the molecule is CO[C@@H]1COCC[C@@H]1NC1CCN(C(=O)c2ncnc(NC[C@H]3CCC[C@@H](c4ccc(Cl)cc4)O3)c2C)CC1. The summed E-state index contributed by atoms with van der Waals surface area (Å²) in [6.07, 6.45) is 7.51. The van der Waals surface area contributed by atoms with Gasteiger partial charge in [0.05, 0.1) is 24.9 Å². The molecule has 1 aromatic heterocycles. The molecular formula is C29H40ClN5O4. The highest BCUT2D eigenvalue weighted by Gasteiger charge is 2.31. The number of benzene rings is 1.